The molecule has 2 aromatic rings. The topological polar surface area (TPSA) is 106 Å². The predicted octanol–water partition coefficient (Wildman–Crippen LogP) is 1.40. The van der Waals surface area contributed by atoms with Crippen LogP contribution in [0.2, 0.25) is 0 Å². The Kier molecular flexibility index (Phi) is 4.17. The molecule has 1 radical (unpaired) electrons. The lowest BCUT2D eigenvalue weighted by atomic mass is 10.1. The number of nitriles is 1. The molecule has 0 saturated heterocycles. The number of hydrazine groups is 1. The number of nitrogens with two attached hydrogens (primary N) is 1. The van der Waals surface area contributed by atoms with Crippen LogP contribution in [0.1, 0.15) is 15.9 Å². The van der Waals surface area contributed by atoms with Crippen molar-refractivity contribution in [1.82, 2.24) is 5.43 Å². The smallest absolute Gasteiger partial charge is 0.277 e. The molecule has 4 N–H and O–H groups in total. The summed E-state index contributed by atoms with van der Waals surface area (Å²) in [4.78, 5) is 12.5. The van der Waals surface area contributed by atoms with E-state index in [0.29, 0.717) is 5.56 Å². The molecule has 2 rings (SSSR count). The van der Waals surface area contributed by atoms with Crippen LogP contribution in [-0.4, -0.2) is 11.9 Å². The van der Waals surface area contributed by atoms with Gasteiger partial charge in [0.05, 0.1) is 11.3 Å². The molecule has 2 aromatic carbocycles. The van der Waals surface area contributed by atoms with E-state index in [2.05, 4.69) is 11.5 Å². The van der Waals surface area contributed by atoms with Gasteiger partial charge < -0.3 is 5.73 Å². The highest BCUT2D eigenvalue weighted by Crippen LogP contribution is 2.19. The van der Waals surface area contributed by atoms with Gasteiger partial charge in [-0.3, -0.25) is 15.6 Å². The number of guanidine groups is 1. The summed E-state index contributed by atoms with van der Waals surface area (Å²) >= 11 is 0. The first-order chi connectivity index (χ1) is 10.1. The molecule has 1 amide bonds. The third-order valence-electron chi connectivity index (χ3n) is 2.64. The van der Waals surface area contributed by atoms with Crippen LogP contribution in [0.25, 0.3) is 0 Å². The Morgan fingerprint density at radius 1 is 1.29 bits per heavy atom. The summed E-state index contributed by atoms with van der Waals surface area (Å²) in [7, 11) is 0. The maximum atomic E-state index is 12.5. The summed E-state index contributed by atoms with van der Waals surface area (Å²) in [5.74, 6) is -0.839. The van der Waals surface area contributed by atoms with E-state index in [-0.39, 0.29) is 11.3 Å². The second kappa shape index (κ2) is 6.21. The highest BCUT2D eigenvalue weighted by molar-refractivity contribution is 6.07. The van der Waals surface area contributed by atoms with Gasteiger partial charge in [0, 0.05) is 11.6 Å². The molecule has 0 spiro atoms. The normalized spacial score (nSPS) is 9.48. The number of anilines is 1. The Bertz CT molecular complexity index is 706. The van der Waals surface area contributed by atoms with E-state index >= 15 is 0 Å². The number of amides is 1. The lowest BCUT2D eigenvalue weighted by Crippen LogP contribution is -2.49. The Morgan fingerprint density at radius 2 is 2.00 bits per heavy atom. The van der Waals surface area contributed by atoms with E-state index in [1.807, 2.05) is 6.07 Å². The van der Waals surface area contributed by atoms with Crippen LogP contribution in [-0.2, 0) is 0 Å². The first kappa shape index (κ1) is 14.1. The lowest BCUT2D eigenvalue weighted by molar-refractivity contribution is 0.0980. The minimum atomic E-state index is -0.429. The number of nitrogens with one attached hydrogen (secondary N) is 2. The third kappa shape index (κ3) is 3.16. The van der Waals surface area contributed by atoms with Crippen molar-refractivity contribution in [3.63, 3.8) is 0 Å². The molecule has 0 aromatic heterocycles. The van der Waals surface area contributed by atoms with Crippen LogP contribution in [0.3, 0.4) is 0 Å². The monoisotopic (exact) mass is 278 g/mol. The van der Waals surface area contributed by atoms with Gasteiger partial charge in [-0.2, -0.15) is 5.26 Å². The van der Waals surface area contributed by atoms with E-state index in [4.69, 9.17) is 16.4 Å². The molecule has 0 fully saturated rings. The van der Waals surface area contributed by atoms with Crippen LogP contribution in [0.15, 0.2) is 48.5 Å². The Labute approximate surface area is 121 Å². The number of hydrogen-bond acceptors (Lipinski definition) is 3. The van der Waals surface area contributed by atoms with E-state index in [9.17, 15) is 4.79 Å². The fourth-order valence-corrected chi connectivity index (χ4v) is 1.75. The zero-order valence-electron chi connectivity index (χ0n) is 11.0. The zero-order valence-corrected chi connectivity index (χ0v) is 11.0. The molecule has 0 heterocycles. The van der Waals surface area contributed by atoms with E-state index in [0.717, 1.165) is 5.01 Å². The maximum Gasteiger partial charge on any atom is 0.277 e. The molecule has 0 unspecified atom stereocenters. The number of rotatable bonds is 2. The molecule has 21 heavy (non-hydrogen) atoms. The summed E-state index contributed by atoms with van der Waals surface area (Å²) in [6.07, 6.45) is 0. The highest BCUT2D eigenvalue weighted by Gasteiger charge is 2.20. The van der Waals surface area contributed by atoms with Gasteiger partial charge in [-0.15, -0.1) is 0 Å². The lowest BCUT2D eigenvalue weighted by Gasteiger charge is -2.24. The van der Waals surface area contributed by atoms with Crippen LogP contribution < -0.4 is 16.2 Å². The fraction of sp³-hybridized carbons (Fsp3) is 0. The zero-order chi connectivity index (χ0) is 15.2. The second-order valence-corrected chi connectivity index (χ2v) is 4.07. The summed E-state index contributed by atoms with van der Waals surface area (Å²) in [5, 5.41) is 17.5. The van der Waals surface area contributed by atoms with Crippen LogP contribution >= 0.6 is 0 Å². The standard InChI is InChI=1S/C15H12N5O/c16-10-12-8-4-5-9-13(12)20(19-15(17)18)14(21)11-6-2-1-3-7-11/h1-7,9H,(H4,17,18,19). The van der Waals surface area contributed by atoms with E-state index in [1.165, 1.54) is 0 Å². The van der Waals surface area contributed by atoms with Gasteiger partial charge in [0.25, 0.3) is 5.91 Å². The first-order valence-electron chi connectivity index (χ1n) is 6.04. The van der Waals surface area contributed by atoms with Gasteiger partial charge in [0.15, 0.2) is 0 Å². The van der Waals surface area contributed by atoms with Gasteiger partial charge in [-0.05, 0) is 18.2 Å². The fourth-order valence-electron chi connectivity index (χ4n) is 1.75. The summed E-state index contributed by atoms with van der Waals surface area (Å²) in [6.45, 7) is 0. The Balaban J connectivity index is 2.47. The van der Waals surface area contributed by atoms with Crippen LogP contribution in [0.5, 0.6) is 0 Å². The quantitative estimate of drug-likeness (QED) is 0.438. The molecule has 0 saturated carbocycles. The summed E-state index contributed by atoms with van der Waals surface area (Å²) in [6, 6.07) is 18.0. The molecule has 0 aliphatic rings. The number of hydrogen-bond donors (Lipinski definition) is 3. The number of carbonyl (C=O) groups excluding carboxylic acids is 1. The minimum absolute atomic E-state index is 0.176. The van der Waals surface area contributed by atoms with E-state index in [1.54, 1.807) is 48.5 Å². The third-order valence-corrected chi connectivity index (χ3v) is 2.64. The molecule has 103 valence electrons. The van der Waals surface area contributed by atoms with Gasteiger partial charge in [0.2, 0.25) is 5.96 Å². The Hall–Kier alpha value is -3.33. The van der Waals surface area contributed by atoms with Gasteiger partial charge in [0.1, 0.15) is 6.07 Å². The first-order valence-corrected chi connectivity index (χ1v) is 6.04. The van der Waals surface area contributed by atoms with Gasteiger partial charge >= 0.3 is 0 Å². The van der Waals surface area contributed by atoms with Crippen molar-refractivity contribution in [2.24, 2.45) is 5.73 Å². The largest absolute Gasteiger partial charge is 0.369 e. The summed E-state index contributed by atoms with van der Waals surface area (Å²) in [5.41, 5.74) is 8.63. The molecule has 0 atom stereocenters. The number of carbonyl (C=O) groups is 1. The molecule has 6 heteroatoms. The summed E-state index contributed by atoms with van der Waals surface area (Å²) < 4.78 is 0. The average molecular weight is 278 g/mol. The van der Waals surface area contributed by atoms with Crippen molar-refractivity contribution in [2.75, 3.05) is 5.01 Å². The Morgan fingerprint density at radius 3 is 2.62 bits per heavy atom. The van der Waals surface area contributed by atoms with Crippen molar-refractivity contribution < 1.29 is 4.79 Å². The number of benzene rings is 2. The molecule has 0 aliphatic heterocycles. The van der Waals surface area contributed by atoms with Crippen LogP contribution in [0, 0.1) is 22.8 Å². The SMILES string of the molecule is N#Cc1[c]cccc1N(NC(=N)N)C(=O)c1ccccc1. The van der Waals surface area contributed by atoms with Gasteiger partial charge in [-0.25, -0.2) is 5.01 Å². The van der Waals surface area contributed by atoms with Crippen molar-refractivity contribution in [2.45, 2.75) is 0 Å². The number of nitrogens with zero attached hydrogens (tertiary/aromatic N) is 2. The molecule has 6 nitrogen and oxygen atoms in total. The predicted molar refractivity (Wildman–Crippen MR) is 78.3 cm³/mol. The average Bonchev–Trinajstić information content (AvgIpc) is 2.52. The van der Waals surface area contributed by atoms with Crippen molar-refractivity contribution >= 4 is 17.6 Å². The second-order valence-electron chi connectivity index (χ2n) is 4.07. The van der Waals surface area contributed by atoms with Crippen LogP contribution in [0.4, 0.5) is 5.69 Å². The van der Waals surface area contributed by atoms with Crippen molar-refractivity contribution in [3.05, 3.63) is 65.7 Å². The highest BCUT2D eigenvalue weighted by atomic mass is 16.2. The molecule has 0 bridgehead atoms. The minimum Gasteiger partial charge on any atom is -0.369 e. The molecular formula is C15H12N5O. The molecular weight excluding hydrogens is 266 g/mol. The van der Waals surface area contributed by atoms with Crippen molar-refractivity contribution in [3.8, 4) is 6.07 Å². The molecule has 0 aliphatic carbocycles. The van der Waals surface area contributed by atoms with Crippen molar-refractivity contribution in [1.29, 1.82) is 10.7 Å². The maximum absolute atomic E-state index is 12.5. The van der Waals surface area contributed by atoms with Gasteiger partial charge in [-0.1, -0.05) is 30.3 Å². The van der Waals surface area contributed by atoms with E-state index < -0.39 is 11.9 Å².